The molecule has 3 aromatic rings. The number of amides is 2. The van der Waals surface area contributed by atoms with Crippen LogP contribution in [0.15, 0.2) is 54.9 Å². The van der Waals surface area contributed by atoms with Gasteiger partial charge < -0.3 is 25.4 Å². The highest BCUT2D eigenvalue weighted by Crippen LogP contribution is 2.21. The van der Waals surface area contributed by atoms with E-state index in [2.05, 4.69) is 52.8 Å². The Kier molecular flexibility index (Phi) is 11.8. The molecule has 252 valence electrons. The summed E-state index contributed by atoms with van der Waals surface area (Å²) in [4.78, 5) is 54.1. The molecular formula is C34H46N8O5. The van der Waals surface area contributed by atoms with E-state index in [0.717, 1.165) is 49.5 Å². The van der Waals surface area contributed by atoms with Gasteiger partial charge in [0, 0.05) is 69.3 Å². The fourth-order valence-electron chi connectivity index (χ4n) is 4.79. The Hall–Kier alpha value is -4.62. The molecule has 0 saturated carbocycles. The fraction of sp³-hybridized carbons (Fsp3) is 0.471. The molecule has 3 heterocycles. The average Bonchev–Trinajstić information content (AvgIpc) is 2.97. The van der Waals surface area contributed by atoms with Crippen molar-refractivity contribution in [3.63, 3.8) is 0 Å². The largest absolute Gasteiger partial charge is 0.459 e. The highest BCUT2D eigenvalue weighted by atomic mass is 16.6. The van der Waals surface area contributed by atoms with Gasteiger partial charge in [-0.2, -0.15) is 0 Å². The standard InChI is InChI=1S/C34H46N8O5/c1-33(2,3)46-30(44)23-42-18-16-41(17-19-42)22-24-8-7-9-26(20-24)38-31-35-14-12-27(39-31)25-10-11-28(37-21-25)40-29(43)13-15-36-32(45)47-34(4,5)6/h7-12,14,20-21H,13,15-19,22-23H2,1-6H3,(H,36,45)(H,35,38,39)(H,37,40,43). The van der Waals surface area contributed by atoms with E-state index in [1.54, 1.807) is 45.3 Å². The van der Waals surface area contributed by atoms with Crippen molar-refractivity contribution in [2.24, 2.45) is 0 Å². The van der Waals surface area contributed by atoms with Gasteiger partial charge in [0.25, 0.3) is 0 Å². The Morgan fingerprint density at radius 2 is 1.60 bits per heavy atom. The van der Waals surface area contributed by atoms with E-state index >= 15 is 0 Å². The number of anilines is 3. The second-order valence-electron chi connectivity index (χ2n) is 13.4. The van der Waals surface area contributed by atoms with E-state index in [4.69, 9.17) is 9.47 Å². The molecule has 13 heteroatoms. The minimum absolute atomic E-state index is 0.0807. The van der Waals surface area contributed by atoms with Gasteiger partial charge in [0.05, 0.1) is 12.2 Å². The van der Waals surface area contributed by atoms with Crippen molar-refractivity contribution in [3.8, 4) is 11.3 Å². The van der Waals surface area contributed by atoms with E-state index in [9.17, 15) is 14.4 Å². The van der Waals surface area contributed by atoms with Crippen LogP contribution in [0, 0.1) is 0 Å². The first-order valence-electron chi connectivity index (χ1n) is 15.8. The molecule has 13 nitrogen and oxygen atoms in total. The van der Waals surface area contributed by atoms with Gasteiger partial charge in [0.1, 0.15) is 17.0 Å². The van der Waals surface area contributed by atoms with Crippen molar-refractivity contribution < 1.29 is 23.9 Å². The zero-order valence-corrected chi connectivity index (χ0v) is 28.1. The van der Waals surface area contributed by atoms with Crippen LogP contribution in [0.1, 0.15) is 53.5 Å². The first-order chi connectivity index (χ1) is 22.2. The van der Waals surface area contributed by atoms with E-state index in [1.807, 2.05) is 39.0 Å². The number of alkyl carbamates (subject to hydrolysis) is 1. The van der Waals surface area contributed by atoms with E-state index < -0.39 is 17.3 Å². The number of hydrogen-bond acceptors (Lipinski definition) is 11. The number of rotatable bonds is 11. The number of esters is 1. The van der Waals surface area contributed by atoms with Gasteiger partial charge in [-0.25, -0.2) is 19.7 Å². The van der Waals surface area contributed by atoms with Crippen molar-refractivity contribution in [1.82, 2.24) is 30.1 Å². The summed E-state index contributed by atoms with van der Waals surface area (Å²) in [7, 11) is 0. The molecule has 3 N–H and O–H groups in total. The van der Waals surface area contributed by atoms with E-state index in [0.29, 0.717) is 24.0 Å². The summed E-state index contributed by atoms with van der Waals surface area (Å²) in [6, 6.07) is 13.5. The molecule has 0 bridgehead atoms. The Morgan fingerprint density at radius 3 is 2.28 bits per heavy atom. The number of pyridine rings is 1. The summed E-state index contributed by atoms with van der Waals surface area (Å²) in [6.07, 6.45) is 2.83. The predicted octanol–water partition coefficient (Wildman–Crippen LogP) is 4.59. The van der Waals surface area contributed by atoms with Crippen molar-refractivity contribution in [2.75, 3.05) is 49.9 Å². The minimum Gasteiger partial charge on any atom is -0.459 e. The summed E-state index contributed by atoms with van der Waals surface area (Å²) < 4.78 is 10.6. The average molecular weight is 647 g/mol. The van der Waals surface area contributed by atoms with Crippen LogP contribution < -0.4 is 16.0 Å². The Bertz CT molecular complexity index is 1510. The Balaban J connectivity index is 1.25. The molecule has 4 rings (SSSR count). The van der Waals surface area contributed by atoms with Crippen LogP contribution in [0.2, 0.25) is 0 Å². The van der Waals surface area contributed by atoms with Gasteiger partial charge in [-0.1, -0.05) is 12.1 Å². The molecule has 1 fully saturated rings. The molecule has 0 radical (unpaired) electrons. The second-order valence-corrected chi connectivity index (χ2v) is 13.4. The van der Waals surface area contributed by atoms with Crippen LogP contribution in [0.5, 0.6) is 0 Å². The molecule has 0 unspecified atom stereocenters. The molecule has 1 aliphatic heterocycles. The first-order valence-corrected chi connectivity index (χ1v) is 15.8. The van der Waals surface area contributed by atoms with Crippen molar-refractivity contribution in [2.45, 2.75) is 65.7 Å². The smallest absolute Gasteiger partial charge is 0.407 e. The monoisotopic (exact) mass is 646 g/mol. The van der Waals surface area contributed by atoms with Crippen LogP contribution in [0.4, 0.5) is 22.2 Å². The molecule has 1 aliphatic rings. The number of ether oxygens (including phenoxy) is 2. The third-order valence-corrected chi connectivity index (χ3v) is 6.83. The van der Waals surface area contributed by atoms with Gasteiger partial charge in [0.2, 0.25) is 11.9 Å². The number of nitrogens with one attached hydrogen (secondary N) is 3. The molecule has 2 amide bonds. The zero-order chi connectivity index (χ0) is 34.0. The number of carbonyl (C=O) groups excluding carboxylic acids is 3. The van der Waals surface area contributed by atoms with Crippen molar-refractivity contribution in [3.05, 3.63) is 60.4 Å². The number of piperazine rings is 1. The number of benzene rings is 1. The molecule has 0 aliphatic carbocycles. The number of nitrogens with zero attached hydrogens (tertiary/aromatic N) is 5. The summed E-state index contributed by atoms with van der Waals surface area (Å²) in [5, 5.41) is 8.59. The predicted molar refractivity (Wildman–Crippen MR) is 180 cm³/mol. The van der Waals surface area contributed by atoms with Crippen LogP contribution in [-0.4, -0.2) is 93.2 Å². The molecule has 0 atom stereocenters. The maximum Gasteiger partial charge on any atom is 0.407 e. The molecular weight excluding hydrogens is 600 g/mol. The minimum atomic E-state index is -0.603. The lowest BCUT2D eigenvalue weighted by molar-refractivity contribution is -0.156. The van der Waals surface area contributed by atoms with Gasteiger partial charge in [0.15, 0.2) is 0 Å². The van der Waals surface area contributed by atoms with Gasteiger partial charge in [-0.05, 0) is 77.4 Å². The van der Waals surface area contributed by atoms with E-state index in [1.165, 1.54) is 0 Å². The van der Waals surface area contributed by atoms with Crippen LogP contribution in [0.3, 0.4) is 0 Å². The maximum atomic E-state index is 12.3. The van der Waals surface area contributed by atoms with Crippen molar-refractivity contribution in [1.29, 1.82) is 0 Å². The third kappa shape index (κ3) is 12.6. The van der Waals surface area contributed by atoms with Crippen LogP contribution in [-0.2, 0) is 25.6 Å². The Labute approximate surface area is 276 Å². The zero-order valence-electron chi connectivity index (χ0n) is 28.1. The number of carbonyl (C=O) groups is 3. The second kappa shape index (κ2) is 15.8. The van der Waals surface area contributed by atoms with Crippen LogP contribution in [0.25, 0.3) is 11.3 Å². The lowest BCUT2D eigenvalue weighted by atomic mass is 10.1. The van der Waals surface area contributed by atoms with Crippen molar-refractivity contribution >= 4 is 35.4 Å². The topological polar surface area (TPSA) is 151 Å². The number of hydrogen-bond donors (Lipinski definition) is 3. The highest BCUT2D eigenvalue weighted by Gasteiger charge is 2.23. The normalized spacial score (nSPS) is 14.3. The summed E-state index contributed by atoms with van der Waals surface area (Å²) in [6.45, 7) is 15.6. The van der Waals surface area contributed by atoms with E-state index in [-0.39, 0.29) is 24.8 Å². The van der Waals surface area contributed by atoms with Gasteiger partial charge in [-0.3, -0.25) is 19.4 Å². The first kappa shape index (κ1) is 35.2. The lowest BCUT2D eigenvalue weighted by Crippen LogP contribution is -2.48. The fourth-order valence-corrected chi connectivity index (χ4v) is 4.79. The van der Waals surface area contributed by atoms with Gasteiger partial charge >= 0.3 is 12.1 Å². The summed E-state index contributed by atoms with van der Waals surface area (Å²) in [5.41, 5.74) is 2.40. The summed E-state index contributed by atoms with van der Waals surface area (Å²) >= 11 is 0. The lowest BCUT2D eigenvalue weighted by Gasteiger charge is -2.34. The highest BCUT2D eigenvalue weighted by molar-refractivity contribution is 5.90. The molecule has 47 heavy (non-hydrogen) atoms. The quantitative estimate of drug-likeness (QED) is 0.251. The number of aromatic nitrogens is 3. The molecule has 1 saturated heterocycles. The molecule has 2 aromatic heterocycles. The van der Waals surface area contributed by atoms with Gasteiger partial charge in [-0.15, -0.1) is 0 Å². The van der Waals surface area contributed by atoms with Crippen LogP contribution >= 0.6 is 0 Å². The summed E-state index contributed by atoms with van der Waals surface area (Å²) in [5.74, 6) is 0.378. The SMILES string of the molecule is CC(C)(C)OC(=O)CN1CCN(Cc2cccc(Nc3nccc(-c4ccc(NC(=O)CCNC(=O)OC(C)(C)C)nc4)n3)c2)CC1. The third-order valence-electron chi connectivity index (χ3n) is 6.83. The Morgan fingerprint density at radius 1 is 0.872 bits per heavy atom. The maximum absolute atomic E-state index is 12.3. The molecule has 0 spiro atoms. The molecule has 1 aromatic carbocycles.